The highest BCUT2D eigenvalue weighted by molar-refractivity contribution is 7.92. The van der Waals surface area contributed by atoms with Gasteiger partial charge >= 0.3 is 0 Å². The fourth-order valence-electron chi connectivity index (χ4n) is 3.40. The van der Waals surface area contributed by atoms with E-state index in [1.807, 2.05) is 24.3 Å². The van der Waals surface area contributed by atoms with Gasteiger partial charge in [-0.05, 0) is 61.0 Å². The largest absolute Gasteiger partial charge is 0.352 e. The number of rotatable bonds is 6. The van der Waals surface area contributed by atoms with E-state index < -0.39 is 10.0 Å². The monoisotopic (exact) mass is 453 g/mol. The van der Waals surface area contributed by atoms with Crippen molar-refractivity contribution in [3.05, 3.63) is 95.1 Å². The normalized spacial score (nSPS) is 12.1. The lowest BCUT2D eigenvalue weighted by atomic mass is 9.94. The van der Waals surface area contributed by atoms with Crippen LogP contribution in [0.3, 0.4) is 0 Å². The Balaban J connectivity index is 1.85. The molecule has 0 heterocycles. The van der Waals surface area contributed by atoms with Gasteiger partial charge in [0.25, 0.3) is 0 Å². The van der Waals surface area contributed by atoms with Gasteiger partial charge < -0.3 is 10.6 Å². The van der Waals surface area contributed by atoms with E-state index in [2.05, 4.69) is 54.8 Å². The molecule has 0 fully saturated rings. The van der Waals surface area contributed by atoms with E-state index >= 15 is 0 Å². The van der Waals surface area contributed by atoms with Crippen LogP contribution in [0.5, 0.6) is 0 Å². The van der Waals surface area contributed by atoms with E-state index in [4.69, 9.17) is 12.2 Å². The van der Waals surface area contributed by atoms with Crippen LogP contribution < -0.4 is 14.9 Å². The van der Waals surface area contributed by atoms with Crippen molar-refractivity contribution >= 4 is 38.7 Å². The predicted molar refractivity (Wildman–Crippen MR) is 133 cm³/mol. The molecule has 0 saturated carbocycles. The summed E-state index contributed by atoms with van der Waals surface area (Å²) in [6.45, 7) is 4.18. The molecule has 0 spiro atoms. The minimum absolute atomic E-state index is 0.122. The van der Waals surface area contributed by atoms with Crippen molar-refractivity contribution in [2.24, 2.45) is 0 Å². The molecule has 2 N–H and O–H groups in total. The van der Waals surface area contributed by atoms with Crippen molar-refractivity contribution in [3.8, 4) is 0 Å². The number of hydrogen-bond donors (Lipinski definition) is 2. The average molecular weight is 454 g/mol. The van der Waals surface area contributed by atoms with Crippen molar-refractivity contribution in [2.75, 3.05) is 22.9 Å². The van der Waals surface area contributed by atoms with Crippen LogP contribution in [0, 0.1) is 13.8 Å². The van der Waals surface area contributed by atoms with Crippen LogP contribution in [0.1, 0.15) is 28.3 Å². The van der Waals surface area contributed by atoms with E-state index in [9.17, 15) is 8.42 Å². The summed E-state index contributed by atoms with van der Waals surface area (Å²) in [6.07, 6.45) is 1.17. The highest BCUT2D eigenvalue weighted by Gasteiger charge is 2.18. The molecule has 0 saturated heterocycles. The Labute approximate surface area is 190 Å². The van der Waals surface area contributed by atoms with Gasteiger partial charge in [-0.2, -0.15) is 0 Å². The summed E-state index contributed by atoms with van der Waals surface area (Å²) < 4.78 is 24.9. The van der Waals surface area contributed by atoms with Gasteiger partial charge in [-0.3, -0.25) is 4.31 Å². The smallest absolute Gasteiger partial charge is 0.231 e. The maximum atomic E-state index is 11.8. The van der Waals surface area contributed by atoms with E-state index in [0.717, 1.165) is 11.1 Å². The molecule has 0 bridgehead atoms. The van der Waals surface area contributed by atoms with Gasteiger partial charge in [0.1, 0.15) is 0 Å². The molecule has 3 rings (SSSR count). The van der Waals surface area contributed by atoms with Crippen molar-refractivity contribution in [2.45, 2.75) is 19.9 Å². The van der Waals surface area contributed by atoms with Crippen LogP contribution in [0.2, 0.25) is 0 Å². The Hall–Kier alpha value is -2.90. The number of anilines is 2. The van der Waals surface area contributed by atoms with Gasteiger partial charge in [0.2, 0.25) is 10.0 Å². The number of thiocarbonyl (C=S) groups is 1. The summed E-state index contributed by atoms with van der Waals surface area (Å²) in [7, 11) is -1.82. The number of sulfonamides is 1. The van der Waals surface area contributed by atoms with Gasteiger partial charge in [-0.15, -0.1) is 0 Å². The third kappa shape index (κ3) is 5.83. The van der Waals surface area contributed by atoms with Crippen LogP contribution in [0.4, 0.5) is 11.4 Å². The molecule has 0 unspecified atom stereocenters. The minimum Gasteiger partial charge on any atom is -0.352 e. The van der Waals surface area contributed by atoms with E-state index in [-0.39, 0.29) is 6.04 Å². The SMILES string of the molecule is Cc1ccc([C@@H](NC(=S)Nc2cccc(N(C)S(C)(=O)=O)c2)c2ccccc2)c(C)c1. The molecule has 162 valence electrons. The Morgan fingerprint density at radius 1 is 0.968 bits per heavy atom. The molecule has 3 aromatic carbocycles. The lowest BCUT2D eigenvalue weighted by Gasteiger charge is -2.24. The minimum atomic E-state index is -3.34. The molecular formula is C24H27N3O2S2. The first-order valence-electron chi connectivity index (χ1n) is 9.89. The van der Waals surface area contributed by atoms with Gasteiger partial charge in [0, 0.05) is 12.7 Å². The maximum Gasteiger partial charge on any atom is 0.231 e. The van der Waals surface area contributed by atoms with Crippen molar-refractivity contribution in [3.63, 3.8) is 0 Å². The lowest BCUT2D eigenvalue weighted by molar-refractivity contribution is 0.600. The summed E-state index contributed by atoms with van der Waals surface area (Å²) in [5.41, 5.74) is 5.90. The van der Waals surface area contributed by atoms with E-state index in [1.165, 1.54) is 28.7 Å². The molecule has 7 heteroatoms. The number of hydrogen-bond acceptors (Lipinski definition) is 3. The molecule has 1 atom stereocenters. The highest BCUT2D eigenvalue weighted by Crippen LogP contribution is 2.26. The van der Waals surface area contributed by atoms with E-state index in [1.54, 1.807) is 18.2 Å². The third-order valence-electron chi connectivity index (χ3n) is 5.11. The van der Waals surface area contributed by atoms with Crippen molar-refractivity contribution in [1.29, 1.82) is 0 Å². The zero-order valence-corrected chi connectivity index (χ0v) is 19.7. The van der Waals surface area contributed by atoms with Gasteiger partial charge in [-0.25, -0.2) is 8.42 Å². The second-order valence-corrected chi connectivity index (χ2v) is 10.0. The Bertz CT molecular complexity index is 1180. The number of benzene rings is 3. The second kappa shape index (κ2) is 9.49. The molecule has 31 heavy (non-hydrogen) atoms. The zero-order chi connectivity index (χ0) is 22.6. The summed E-state index contributed by atoms with van der Waals surface area (Å²) >= 11 is 5.61. The summed E-state index contributed by atoms with van der Waals surface area (Å²) in [5, 5.41) is 7.07. The molecule has 0 aromatic heterocycles. The molecule has 0 amide bonds. The quantitative estimate of drug-likeness (QED) is 0.526. The Kier molecular flexibility index (Phi) is 6.97. The average Bonchev–Trinajstić information content (AvgIpc) is 2.72. The molecule has 5 nitrogen and oxygen atoms in total. The highest BCUT2D eigenvalue weighted by atomic mass is 32.2. The predicted octanol–water partition coefficient (Wildman–Crippen LogP) is 4.78. The number of nitrogens with one attached hydrogen (secondary N) is 2. The first-order chi connectivity index (χ1) is 14.6. The molecule has 0 aliphatic rings. The maximum absolute atomic E-state index is 11.8. The Morgan fingerprint density at radius 2 is 1.68 bits per heavy atom. The summed E-state index contributed by atoms with van der Waals surface area (Å²) in [6, 6.07) is 23.5. The second-order valence-electron chi connectivity index (χ2n) is 7.58. The van der Waals surface area contributed by atoms with Gasteiger partial charge in [0.05, 0.1) is 18.0 Å². The lowest BCUT2D eigenvalue weighted by Crippen LogP contribution is -2.33. The third-order valence-corrected chi connectivity index (χ3v) is 6.54. The van der Waals surface area contributed by atoms with Crippen LogP contribution >= 0.6 is 12.2 Å². The molecule has 0 radical (unpaired) electrons. The summed E-state index contributed by atoms with van der Waals surface area (Å²) in [5.74, 6) is 0. The first kappa shape index (κ1) is 22.8. The van der Waals surface area contributed by atoms with Crippen LogP contribution in [-0.2, 0) is 10.0 Å². The van der Waals surface area contributed by atoms with Gasteiger partial charge in [-0.1, -0.05) is 60.2 Å². The topological polar surface area (TPSA) is 61.4 Å². The van der Waals surface area contributed by atoms with Crippen LogP contribution in [-0.4, -0.2) is 26.8 Å². The molecular weight excluding hydrogens is 426 g/mol. The zero-order valence-electron chi connectivity index (χ0n) is 18.1. The molecule has 3 aromatic rings. The Morgan fingerprint density at radius 3 is 2.32 bits per heavy atom. The molecule has 0 aliphatic heterocycles. The van der Waals surface area contributed by atoms with Crippen LogP contribution in [0.15, 0.2) is 72.8 Å². The number of aryl methyl sites for hydroxylation is 2. The van der Waals surface area contributed by atoms with Crippen LogP contribution in [0.25, 0.3) is 0 Å². The first-order valence-corrected chi connectivity index (χ1v) is 12.1. The molecule has 0 aliphatic carbocycles. The summed E-state index contributed by atoms with van der Waals surface area (Å²) in [4.78, 5) is 0. The fourth-order valence-corrected chi connectivity index (χ4v) is 4.14. The van der Waals surface area contributed by atoms with Gasteiger partial charge in [0.15, 0.2) is 5.11 Å². The fraction of sp³-hybridized carbons (Fsp3) is 0.208. The van der Waals surface area contributed by atoms with Crippen molar-refractivity contribution in [1.82, 2.24) is 5.32 Å². The number of nitrogens with zero attached hydrogens (tertiary/aromatic N) is 1. The van der Waals surface area contributed by atoms with E-state index in [0.29, 0.717) is 16.5 Å². The van der Waals surface area contributed by atoms with Crippen molar-refractivity contribution < 1.29 is 8.42 Å². The standard InChI is InChI=1S/C24H27N3O2S2/c1-17-13-14-22(18(2)15-17)23(19-9-6-5-7-10-19)26-24(30)25-20-11-8-12-21(16-20)27(3)31(4,28)29/h5-16,23H,1-4H3,(H2,25,26,30)/t23-/m0/s1.